The van der Waals surface area contributed by atoms with Crippen LogP contribution in [0.5, 0.6) is 0 Å². The van der Waals surface area contributed by atoms with Gasteiger partial charge in [-0.3, -0.25) is 14.5 Å². The van der Waals surface area contributed by atoms with E-state index in [-0.39, 0.29) is 35.1 Å². The molecule has 0 saturated carbocycles. The van der Waals surface area contributed by atoms with Crippen LogP contribution in [-0.2, 0) is 14.8 Å². The van der Waals surface area contributed by atoms with Gasteiger partial charge in [-0.25, -0.2) is 13.6 Å². The first-order valence-electron chi connectivity index (χ1n) is 10.7. The second kappa shape index (κ2) is 9.69. The lowest BCUT2D eigenvalue weighted by Crippen LogP contribution is -2.49. The molecule has 2 amide bonds. The van der Waals surface area contributed by atoms with E-state index in [0.717, 1.165) is 24.8 Å². The highest BCUT2D eigenvalue weighted by molar-refractivity contribution is 7.89. The Morgan fingerprint density at radius 1 is 1.18 bits per heavy atom. The maximum atomic E-state index is 12.7. The first-order chi connectivity index (χ1) is 16.2. The highest BCUT2D eigenvalue weighted by atomic mass is 32.2. The van der Waals surface area contributed by atoms with Crippen molar-refractivity contribution >= 4 is 38.5 Å². The molecule has 1 unspecified atom stereocenters. The van der Waals surface area contributed by atoms with Gasteiger partial charge in [-0.15, -0.1) is 6.42 Å². The number of piperidine rings is 1. The lowest BCUT2D eigenvalue weighted by Gasteiger charge is -2.32. The van der Waals surface area contributed by atoms with Crippen LogP contribution in [-0.4, -0.2) is 50.8 Å². The Kier molecular flexibility index (Phi) is 6.70. The van der Waals surface area contributed by atoms with Crippen LogP contribution >= 0.6 is 0 Å². The van der Waals surface area contributed by atoms with Gasteiger partial charge in [-0.05, 0) is 67.9 Å². The third kappa shape index (κ3) is 5.63. The molecule has 1 aromatic heterocycles. The Morgan fingerprint density at radius 3 is 2.65 bits per heavy atom. The molecular formula is C24H24N4O5S. The Bertz CT molecular complexity index is 1370. The molecule has 2 heterocycles. The van der Waals surface area contributed by atoms with Crippen LogP contribution in [0.1, 0.15) is 29.0 Å². The first kappa shape index (κ1) is 23.5. The number of carbonyl (C=O) groups excluding carboxylic acids is 2. The molecule has 1 aliphatic rings. The number of terminal acetylenes is 1. The maximum Gasteiger partial charge on any atom is 0.287 e. The molecule has 1 saturated heterocycles. The fraction of sp³-hybridized carbons (Fsp3) is 0.250. The quantitative estimate of drug-likeness (QED) is 0.461. The Morgan fingerprint density at radius 2 is 1.94 bits per heavy atom. The maximum absolute atomic E-state index is 12.7. The number of carbonyl (C=O) groups is 2. The number of likely N-dealkylation sites (tertiary alicyclic amines) is 1. The fourth-order valence-corrected chi connectivity index (χ4v) is 4.47. The van der Waals surface area contributed by atoms with Crippen LogP contribution in [0, 0.1) is 12.3 Å². The normalized spacial score (nSPS) is 16.6. The summed E-state index contributed by atoms with van der Waals surface area (Å²) < 4.78 is 28.3. The second-order valence-corrected chi connectivity index (χ2v) is 9.73. The molecule has 1 atom stereocenters. The van der Waals surface area contributed by atoms with Gasteiger partial charge in [0.05, 0.1) is 11.4 Å². The molecule has 0 aliphatic carbocycles. The predicted molar refractivity (Wildman–Crippen MR) is 128 cm³/mol. The number of rotatable bonds is 6. The summed E-state index contributed by atoms with van der Waals surface area (Å²) in [4.78, 5) is 27.1. The topological polar surface area (TPSA) is 135 Å². The van der Waals surface area contributed by atoms with Crippen LogP contribution < -0.4 is 15.8 Å². The highest BCUT2D eigenvalue weighted by Gasteiger charge is 2.24. The molecule has 10 heteroatoms. The zero-order chi connectivity index (χ0) is 24.3. The van der Waals surface area contributed by atoms with Gasteiger partial charge in [0.15, 0.2) is 5.76 Å². The van der Waals surface area contributed by atoms with Crippen LogP contribution in [0.25, 0.3) is 11.0 Å². The third-order valence-electron chi connectivity index (χ3n) is 5.58. The number of sulfonamides is 1. The van der Waals surface area contributed by atoms with E-state index in [1.165, 1.54) is 24.3 Å². The summed E-state index contributed by atoms with van der Waals surface area (Å²) in [6, 6.07) is 12.5. The van der Waals surface area contributed by atoms with Crippen molar-refractivity contribution in [2.75, 3.05) is 25.0 Å². The molecule has 2 aromatic carbocycles. The number of nitrogens with one attached hydrogen (secondary N) is 2. The van der Waals surface area contributed by atoms with Crippen LogP contribution in [0.15, 0.2) is 57.8 Å². The van der Waals surface area contributed by atoms with Gasteiger partial charge >= 0.3 is 0 Å². The summed E-state index contributed by atoms with van der Waals surface area (Å²) in [6.45, 7) is 1.39. The van der Waals surface area contributed by atoms with E-state index in [9.17, 15) is 18.0 Å². The summed E-state index contributed by atoms with van der Waals surface area (Å²) in [5, 5.41) is 11.6. The molecule has 1 fully saturated rings. The third-order valence-corrected chi connectivity index (χ3v) is 6.51. The fourth-order valence-electron chi connectivity index (χ4n) is 3.95. The highest BCUT2D eigenvalue weighted by Crippen LogP contribution is 2.21. The lowest BCUT2D eigenvalue weighted by molar-refractivity contribution is -0.117. The van der Waals surface area contributed by atoms with E-state index in [4.69, 9.17) is 16.0 Å². The number of nitrogens with two attached hydrogens (primary N) is 1. The Labute approximate surface area is 197 Å². The SMILES string of the molecule is C#Cc1ccc2oc(C(=O)NC3CCCN(CC(=O)Nc4ccc(S(N)(=O)=O)cc4)C3)cc2c1. The molecule has 0 spiro atoms. The monoisotopic (exact) mass is 480 g/mol. The van der Waals surface area contributed by atoms with E-state index in [0.29, 0.717) is 23.4 Å². The van der Waals surface area contributed by atoms with Gasteiger partial charge in [0.2, 0.25) is 15.9 Å². The van der Waals surface area contributed by atoms with E-state index in [2.05, 4.69) is 16.6 Å². The molecule has 4 N–H and O–H groups in total. The van der Waals surface area contributed by atoms with Gasteiger partial charge in [0.1, 0.15) is 5.58 Å². The van der Waals surface area contributed by atoms with Crippen molar-refractivity contribution < 1.29 is 22.4 Å². The standard InChI is InChI=1S/C24H24N4O5S/c1-2-16-5-10-21-17(12-16)13-22(33-21)24(30)27-19-4-3-11-28(14-19)15-23(29)26-18-6-8-20(9-7-18)34(25,31)32/h1,5-10,12-13,19H,3-4,11,14-15H2,(H,26,29)(H,27,30)(H2,25,31,32). The summed E-state index contributed by atoms with van der Waals surface area (Å²) >= 11 is 0. The Balaban J connectivity index is 1.32. The Hall–Kier alpha value is -3.65. The predicted octanol–water partition coefficient (Wildman–Crippen LogP) is 1.89. The van der Waals surface area contributed by atoms with Gasteiger partial charge in [0.25, 0.3) is 5.91 Å². The molecule has 34 heavy (non-hydrogen) atoms. The van der Waals surface area contributed by atoms with Crippen molar-refractivity contribution in [3.8, 4) is 12.3 Å². The zero-order valence-electron chi connectivity index (χ0n) is 18.3. The minimum absolute atomic E-state index is 0.0268. The largest absolute Gasteiger partial charge is 0.451 e. The number of primary sulfonamides is 1. The number of anilines is 1. The average molecular weight is 481 g/mol. The van der Waals surface area contributed by atoms with Crippen molar-refractivity contribution in [1.29, 1.82) is 0 Å². The van der Waals surface area contributed by atoms with Crippen molar-refractivity contribution in [3.63, 3.8) is 0 Å². The van der Waals surface area contributed by atoms with Crippen LogP contribution in [0.4, 0.5) is 5.69 Å². The average Bonchev–Trinajstić information content (AvgIpc) is 3.22. The lowest BCUT2D eigenvalue weighted by atomic mass is 10.1. The van der Waals surface area contributed by atoms with E-state index in [1.807, 2.05) is 4.90 Å². The number of fused-ring (bicyclic) bond motifs is 1. The van der Waals surface area contributed by atoms with E-state index in [1.54, 1.807) is 24.3 Å². The van der Waals surface area contributed by atoms with Gasteiger partial charge in [-0.1, -0.05) is 5.92 Å². The zero-order valence-corrected chi connectivity index (χ0v) is 19.1. The van der Waals surface area contributed by atoms with Crippen molar-refractivity contribution in [2.45, 2.75) is 23.8 Å². The first-order valence-corrected chi connectivity index (χ1v) is 12.2. The molecule has 0 radical (unpaired) electrons. The smallest absolute Gasteiger partial charge is 0.287 e. The van der Waals surface area contributed by atoms with Crippen molar-refractivity contribution in [2.24, 2.45) is 5.14 Å². The molecule has 176 valence electrons. The molecule has 9 nitrogen and oxygen atoms in total. The van der Waals surface area contributed by atoms with Gasteiger partial charge in [-0.2, -0.15) is 0 Å². The van der Waals surface area contributed by atoms with Crippen molar-refractivity contribution in [1.82, 2.24) is 10.2 Å². The molecular weight excluding hydrogens is 456 g/mol. The molecule has 0 bridgehead atoms. The molecule has 1 aliphatic heterocycles. The number of nitrogens with zero attached hydrogens (tertiary/aromatic N) is 1. The summed E-state index contributed by atoms with van der Waals surface area (Å²) in [7, 11) is -3.79. The summed E-state index contributed by atoms with van der Waals surface area (Å²) in [6.07, 6.45) is 7.04. The number of hydrogen-bond donors (Lipinski definition) is 3. The van der Waals surface area contributed by atoms with Crippen molar-refractivity contribution in [3.05, 3.63) is 59.9 Å². The summed E-state index contributed by atoms with van der Waals surface area (Å²) in [5.74, 6) is 2.21. The molecule has 4 rings (SSSR count). The van der Waals surface area contributed by atoms with Gasteiger partial charge < -0.3 is 15.1 Å². The van der Waals surface area contributed by atoms with Crippen LogP contribution in [0.2, 0.25) is 0 Å². The summed E-state index contributed by atoms with van der Waals surface area (Å²) in [5.41, 5.74) is 1.77. The minimum atomic E-state index is -3.79. The van der Waals surface area contributed by atoms with E-state index >= 15 is 0 Å². The van der Waals surface area contributed by atoms with Gasteiger partial charge in [0, 0.05) is 29.2 Å². The second-order valence-electron chi connectivity index (χ2n) is 8.17. The number of furan rings is 1. The number of benzene rings is 2. The van der Waals surface area contributed by atoms with Crippen LogP contribution in [0.3, 0.4) is 0 Å². The molecule has 3 aromatic rings. The number of amides is 2. The van der Waals surface area contributed by atoms with E-state index < -0.39 is 10.0 Å². The number of hydrogen-bond acceptors (Lipinski definition) is 6. The minimum Gasteiger partial charge on any atom is -0.451 e.